The standard InChI is InChI=1S/C12H18ClN3O2/c1-12(2,3)8-16(7-10(17)18-4)9-5-6-14-11(13)15-9/h5-6H,7-8H2,1-4H3. The minimum atomic E-state index is -0.311. The maximum atomic E-state index is 11.4. The number of ether oxygens (including phenoxy) is 1. The van der Waals surface area contributed by atoms with Crippen LogP contribution in [0.4, 0.5) is 5.82 Å². The first kappa shape index (κ1) is 14.7. The highest BCUT2D eigenvalue weighted by atomic mass is 35.5. The molecule has 1 aromatic rings. The van der Waals surface area contributed by atoms with Gasteiger partial charge in [0.1, 0.15) is 12.4 Å². The van der Waals surface area contributed by atoms with Crippen molar-refractivity contribution in [3.63, 3.8) is 0 Å². The van der Waals surface area contributed by atoms with E-state index in [1.165, 1.54) is 7.11 Å². The maximum Gasteiger partial charge on any atom is 0.325 e. The van der Waals surface area contributed by atoms with Gasteiger partial charge in [-0.05, 0) is 23.1 Å². The van der Waals surface area contributed by atoms with E-state index in [2.05, 4.69) is 35.5 Å². The number of nitrogens with zero attached hydrogens (tertiary/aromatic N) is 3. The summed E-state index contributed by atoms with van der Waals surface area (Å²) < 4.78 is 4.69. The van der Waals surface area contributed by atoms with Crippen LogP contribution in [0.15, 0.2) is 12.3 Å². The second-order valence-electron chi connectivity index (χ2n) is 5.18. The lowest BCUT2D eigenvalue weighted by Gasteiger charge is -2.29. The Morgan fingerprint density at radius 3 is 2.67 bits per heavy atom. The lowest BCUT2D eigenvalue weighted by Crippen LogP contribution is -2.37. The molecule has 6 heteroatoms. The molecule has 1 heterocycles. The van der Waals surface area contributed by atoms with Gasteiger partial charge < -0.3 is 9.64 Å². The van der Waals surface area contributed by atoms with Gasteiger partial charge in [0, 0.05) is 12.7 Å². The Labute approximate surface area is 112 Å². The molecule has 0 aliphatic rings. The van der Waals surface area contributed by atoms with Gasteiger partial charge in [0.15, 0.2) is 0 Å². The highest BCUT2D eigenvalue weighted by Gasteiger charge is 2.20. The summed E-state index contributed by atoms with van der Waals surface area (Å²) in [6.45, 7) is 7.05. The second-order valence-corrected chi connectivity index (χ2v) is 5.51. The smallest absolute Gasteiger partial charge is 0.325 e. The van der Waals surface area contributed by atoms with Gasteiger partial charge in [-0.2, -0.15) is 0 Å². The van der Waals surface area contributed by atoms with E-state index >= 15 is 0 Å². The topological polar surface area (TPSA) is 55.3 Å². The van der Waals surface area contributed by atoms with Crippen molar-refractivity contribution in [2.75, 3.05) is 25.1 Å². The van der Waals surface area contributed by atoms with Crippen LogP contribution in [0.5, 0.6) is 0 Å². The van der Waals surface area contributed by atoms with Crippen LogP contribution in [0.3, 0.4) is 0 Å². The number of rotatable bonds is 4. The Hall–Kier alpha value is -1.36. The largest absolute Gasteiger partial charge is 0.468 e. The number of hydrogen-bond acceptors (Lipinski definition) is 5. The number of halogens is 1. The van der Waals surface area contributed by atoms with Gasteiger partial charge in [-0.15, -0.1) is 0 Å². The van der Waals surface area contributed by atoms with Crippen LogP contribution in [0.25, 0.3) is 0 Å². The molecule has 0 saturated carbocycles. The Morgan fingerprint density at radius 1 is 1.50 bits per heavy atom. The lowest BCUT2D eigenvalue weighted by atomic mass is 9.96. The van der Waals surface area contributed by atoms with E-state index in [1.807, 2.05) is 4.90 Å². The minimum Gasteiger partial charge on any atom is -0.468 e. The normalized spacial score (nSPS) is 11.2. The highest BCUT2D eigenvalue weighted by Crippen LogP contribution is 2.20. The summed E-state index contributed by atoms with van der Waals surface area (Å²) in [7, 11) is 1.37. The number of carbonyl (C=O) groups excluding carboxylic acids is 1. The van der Waals surface area contributed by atoms with Crippen LogP contribution in [0.1, 0.15) is 20.8 Å². The second kappa shape index (κ2) is 6.00. The molecule has 0 N–H and O–H groups in total. The van der Waals surface area contributed by atoms with Gasteiger partial charge in [-0.25, -0.2) is 9.97 Å². The van der Waals surface area contributed by atoms with E-state index in [0.717, 1.165) is 0 Å². The van der Waals surface area contributed by atoms with Gasteiger partial charge >= 0.3 is 5.97 Å². The Balaban J connectivity index is 2.93. The van der Waals surface area contributed by atoms with Gasteiger partial charge in [-0.3, -0.25) is 4.79 Å². The molecule has 0 atom stereocenters. The third-order valence-electron chi connectivity index (χ3n) is 2.15. The number of carbonyl (C=O) groups is 1. The van der Waals surface area contributed by atoms with Crippen molar-refractivity contribution in [3.8, 4) is 0 Å². The molecule has 0 aliphatic carbocycles. The van der Waals surface area contributed by atoms with E-state index in [0.29, 0.717) is 12.4 Å². The molecule has 0 aliphatic heterocycles. The molecule has 0 spiro atoms. The van der Waals surface area contributed by atoms with Crippen LogP contribution in [-0.4, -0.2) is 36.1 Å². The van der Waals surface area contributed by atoms with Crippen LogP contribution >= 0.6 is 11.6 Å². The van der Waals surface area contributed by atoms with Crippen LogP contribution in [0, 0.1) is 5.41 Å². The van der Waals surface area contributed by atoms with E-state index in [4.69, 9.17) is 11.6 Å². The van der Waals surface area contributed by atoms with E-state index in [-0.39, 0.29) is 23.2 Å². The minimum absolute atomic E-state index is 0.0193. The van der Waals surface area contributed by atoms with Crippen LogP contribution < -0.4 is 4.90 Å². The summed E-state index contributed by atoms with van der Waals surface area (Å²) >= 11 is 5.77. The molecule has 100 valence electrons. The number of esters is 1. The highest BCUT2D eigenvalue weighted by molar-refractivity contribution is 6.28. The summed E-state index contributed by atoms with van der Waals surface area (Å²) in [6, 6.07) is 1.72. The molecule has 18 heavy (non-hydrogen) atoms. The number of aromatic nitrogens is 2. The molecule has 1 rings (SSSR count). The molecular weight excluding hydrogens is 254 g/mol. The zero-order valence-corrected chi connectivity index (χ0v) is 11.9. The average Bonchev–Trinajstić information content (AvgIpc) is 2.26. The Morgan fingerprint density at radius 2 is 2.17 bits per heavy atom. The summed E-state index contributed by atoms with van der Waals surface area (Å²) in [4.78, 5) is 21.2. The van der Waals surface area contributed by atoms with Crippen LogP contribution in [0.2, 0.25) is 5.28 Å². The fourth-order valence-corrected chi connectivity index (χ4v) is 1.66. The molecule has 5 nitrogen and oxygen atoms in total. The molecule has 0 amide bonds. The number of methoxy groups -OCH3 is 1. The predicted molar refractivity (Wildman–Crippen MR) is 70.7 cm³/mol. The molecule has 0 aromatic carbocycles. The van der Waals surface area contributed by atoms with Crippen molar-refractivity contribution in [3.05, 3.63) is 17.5 Å². The van der Waals surface area contributed by atoms with Crippen molar-refractivity contribution in [2.24, 2.45) is 5.41 Å². The average molecular weight is 272 g/mol. The monoisotopic (exact) mass is 271 g/mol. The van der Waals surface area contributed by atoms with Crippen molar-refractivity contribution in [1.29, 1.82) is 0 Å². The third-order valence-corrected chi connectivity index (χ3v) is 2.33. The number of hydrogen-bond donors (Lipinski definition) is 0. The van der Waals surface area contributed by atoms with Crippen molar-refractivity contribution in [2.45, 2.75) is 20.8 Å². The third kappa shape index (κ3) is 4.87. The van der Waals surface area contributed by atoms with E-state index in [9.17, 15) is 4.79 Å². The van der Waals surface area contributed by atoms with E-state index in [1.54, 1.807) is 12.3 Å². The SMILES string of the molecule is COC(=O)CN(CC(C)(C)C)c1ccnc(Cl)n1. The molecule has 0 unspecified atom stereocenters. The summed E-state index contributed by atoms with van der Waals surface area (Å²) in [6.07, 6.45) is 1.57. The molecule has 0 saturated heterocycles. The first-order valence-corrected chi connectivity index (χ1v) is 6.00. The maximum absolute atomic E-state index is 11.4. The number of anilines is 1. The predicted octanol–water partition coefficient (Wildman–Crippen LogP) is 2.16. The van der Waals surface area contributed by atoms with Crippen LogP contribution in [-0.2, 0) is 9.53 Å². The molecule has 0 radical (unpaired) electrons. The Kier molecular flexibility index (Phi) is 4.90. The van der Waals surface area contributed by atoms with Gasteiger partial charge in [0.2, 0.25) is 5.28 Å². The summed E-state index contributed by atoms with van der Waals surface area (Å²) in [5, 5.41) is 0.163. The molecule has 0 fully saturated rings. The van der Waals surface area contributed by atoms with Crippen molar-refractivity contribution >= 4 is 23.4 Å². The first-order chi connectivity index (χ1) is 8.31. The zero-order chi connectivity index (χ0) is 13.8. The molecule has 1 aromatic heterocycles. The fraction of sp³-hybridized carbons (Fsp3) is 0.583. The first-order valence-electron chi connectivity index (χ1n) is 5.62. The zero-order valence-electron chi connectivity index (χ0n) is 11.1. The quantitative estimate of drug-likeness (QED) is 0.620. The van der Waals surface area contributed by atoms with Gasteiger partial charge in [0.25, 0.3) is 0 Å². The van der Waals surface area contributed by atoms with Crippen molar-refractivity contribution < 1.29 is 9.53 Å². The van der Waals surface area contributed by atoms with Gasteiger partial charge in [0.05, 0.1) is 7.11 Å². The Bertz CT molecular complexity index is 418. The molecular formula is C12H18ClN3O2. The van der Waals surface area contributed by atoms with Gasteiger partial charge in [-0.1, -0.05) is 20.8 Å². The fourth-order valence-electron chi connectivity index (χ4n) is 1.51. The summed E-state index contributed by atoms with van der Waals surface area (Å²) in [5.74, 6) is 0.310. The lowest BCUT2D eigenvalue weighted by molar-refractivity contribution is -0.139. The van der Waals surface area contributed by atoms with E-state index < -0.39 is 0 Å². The molecule has 0 bridgehead atoms. The van der Waals surface area contributed by atoms with Crippen molar-refractivity contribution in [1.82, 2.24) is 9.97 Å². The summed E-state index contributed by atoms with van der Waals surface area (Å²) in [5.41, 5.74) is 0.0193.